The van der Waals surface area contributed by atoms with Crippen molar-refractivity contribution >= 4 is 45.5 Å². The highest BCUT2D eigenvalue weighted by molar-refractivity contribution is 8.00. The van der Waals surface area contributed by atoms with Crippen LogP contribution >= 0.6 is 34.4 Å². The van der Waals surface area contributed by atoms with Gasteiger partial charge in [0, 0.05) is 22.3 Å². The predicted molar refractivity (Wildman–Crippen MR) is 116 cm³/mol. The van der Waals surface area contributed by atoms with Crippen molar-refractivity contribution < 1.29 is 4.79 Å². The molecule has 146 valence electrons. The van der Waals surface area contributed by atoms with Gasteiger partial charge in [-0.1, -0.05) is 59.5 Å². The molecule has 0 bridgehead atoms. The van der Waals surface area contributed by atoms with Gasteiger partial charge < -0.3 is 0 Å². The number of thioether (sulfide) groups is 1. The monoisotopic (exact) mass is 441 g/mol. The summed E-state index contributed by atoms with van der Waals surface area (Å²) in [5.74, 6) is 0.432. The number of anilines is 1. The third-order valence-corrected chi connectivity index (χ3v) is 6.88. The van der Waals surface area contributed by atoms with Gasteiger partial charge in [-0.15, -0.1) is 21.5 Å². The van der Waals surface area contributed by atoms with Gasteiger partial charge in [-0.05, 0) is 17.5 Å². The molecule has 0 unspecified atom stereocenters. The standard InChI is InChI=1S/C19H15N5O2S3/c25-16(20-18-21-22-19(29-18)28-12-14-7-4-10-27-14)11-24-17(26)9-8-15(23-24)13-5-2-1-3-6-13/h1-10H,11-12H2,(H,20,21,25). The fourth-order valence-corrected chi connectivity index (χ4v) is 5.01. The molecule has 0 fully saturated rings. The second kappa shape index (κ2) is 9.12. The molecule has 0 aliphatic heterocycles. The molecule has 4 rings (SSSR count). The van der Waals surface area contributed by atoms with Crippen molar-refractivity contribution in [1.82, 2.24) is 20.0 Å². The van der Waals surface area contributed by atoms with E-state index in [9.17, 15) is 9.59 Å². The van der Waals surface area contributed by atoms with E-state index in [1.54, 1.807) is 29.2 Å². The SMILES string of the molecule is O=C(Cn1nc(-c2ccccc2)ccc1=O)Nc1nnc(SCc2cccs2)s1. The van der Waals surface area contributed by atoms with Gasteiger partial charge in [0.2, 0.25) is 11.0 Å². The molecule has 10 heteroatoms. The lowest BCUT2D eigenvalue weighted by atomic mass is 10.1. The quantitative estimate of drug-likeness (QED) is 0.347. The van der Waals surface area contributed by atoms with E-state index < -0.39 is 0 Å². The summed E-state index contributed by atoms with van der Waals surface area (Å²) < 4.78 is 1.92. The highest BCUT2D eigenvalue weighted by Gasteiger charge is 2.12. The molecule has 0 saturated carbocycles. The van der Waals surface area contributed by atoms with Crippen molar-refractivity contribution in [2.45, 2.75) is 16.6 Å². The summed E-state index contributed by atoms with van der Waals surface area (Å²) in [6, 6.07) is 16.6. The molecule has 1 amide bonds. The summed E-state index contributed by atoms with van der Waals surface area (Å²) in [6.45, 7) is -0.198. The Morgan fingerprint density at radius 3 is 2.72 bits per heavy atom. The van der Waals surface area contributed by atoms with E-state index in [-0.39, 0.29) is 18.0 Å². The number of carbonyl (C=O) groups excluding carboxylic acids is 1. The number of thiophene rings is 1. The third-order valence-electron chi connectivity index (χ3n) is 3.80. The molecule has 0 radical (unpaired) electrons. The third kappa shape index (κ3) is 5.17. The van der Waals surface area contributed by atoms with Crippen molar-refractivity contribution in [3.05, 3.63) is 75.2 Å². The number of nitrogens with zero attached hydrogens (tertiary/aromatic N) is 4. The molecule has 7 nitrogen and oxygen atoms in total. The predicted octanol–water partition coefficient (Wildman–Crippen LogP) is 3.75. The first-order chi connectivity index (χ1) is 14.2. The van der Waals surface area contributed by atoms with Crippen LogP contribution in [-0.2, 0) is 17.1 Å². The van der Waals surface area contributed by atoms with Crippen LogP contribution in [0.2, 0.25) is 0 Å². The van der Waals surface area contributed by atoms with Gasteiger partial charge in [0.1, 0.15) is 6.54 Å². The van der Waals surface area contributed by atoms with Crippen LogP contribution in [0.1, 0.15) is 4.88 Å². The first-order valence-corrected chi connectivity index (χ1v) is 11.3. The maximum Gasteiger partial charge on any atom is 0.267 e. The van der Waals surface area contributed by atoms with Crippen molar-refractivity contribution in [2.24, 2.45) is 0 Å². The molecule has 1 aromatic carbocycles. The summed E-state index contributed by atoms with van der Waals surface area (Å²) in [6.07, 6.45) is 0. The Bertz CT molecular complexity index is 1160. The van der Waals surface area contributed by atoms with Crippen LogP contribution < -0.4 is 10.9 Å². The van der Waals surface area contributed by atoms with Gasteiger partial charge in [0.05, 0.1) is 5.69 Å². The number of carbonyl (C=O) groups is 1. The first-order valence-electron chi connectivity index (χ1n) is 8.59. The van der Waals surface area contributed by atoms with E-state index in [0.717, 1.165) is 20.3 Å². The lowest BCUT2D eigenvalue weighted by Crippen LogP contribution is -2.29. The van der Waals surface area contributed by atoms with E-state index in [1.165, 1.54) is 22.3 Å². The van der Waals surface area contributed by atoms with Crippen LogP contribution in [0.3, 0.4) is 0 Å². The maximum absolute atomic E-state index is 12.4. The van der Waals surface area contributed by atoms with Gasteiger partial charge in [-0.3, -0.25) is 14.9 Å². The summed E-state index contributed by atoms with van der Waals surface area (Å²) in [4.78, 5) is 25.7. The van der Waals surface area contributed by atoms with Crippen LogP contribution in [0, 0.1) is 0 Å². The number of hydrogen-bond donors (Lipinski definition) is 1. The Kier molecular flexibility index (Phi) is 6.13. The summed E-state index contributed by atoms with van der Waals surface area (Å²) >= 11 is 4.56. The largest absolute Gasteiger partial charge is 0.299 e. The van der Waals surface area contributed by atoms with Crippen LogP contribution in [0.25, 0.3) is 11.3 Å². The molecule has 0 spiro atoms. The Hall–Kier alpha value is -2.82. The van der Waals surface area contributed by atoms with E-state index in [2.05, 4.69) is 26.7 Å². The van der Waals surface area contributed by atoms with Crippen molar-refractivity contribution in [1.29, 1.82) is 0 Å². The first kappa shape index (κ1) is 19.5. The second-order valence-corrected chi connectivity index (χ2v) is 9.10. The fourth-order valence-electron chi connectivity index (χ4n) is 2.47. The highest BCUT2D eigenvalue weighted by atomic mass is 32.2. The lowest BCUT2D eigenvalue weighted by molar-refractivity contribution is -0.117. The molecular weight excluding hydrogens is 426 g/mol. The van der Waals surface area contributed by atoms with Gasteiger partial charge in [0.25, 0.3) is 5.56 Å². The minimum atomic E-state index is -0.379. The van der Waals surface area contributed by atoms with E-state index >= 15 is 0 Å². The zero-order valence-electron chi connectivity index (χ0n) is 15.0. The molecular formula is C19H15N5O2S3. The number of aromatic nitrogens is 4. The van der Waals surface area contributed by atoms with Gasteiger partial charge in [-0.25, -0.2) is 4.68 Å². The van der Waals surface area contributed by atoms with Gasteiger partial charge >= 0.3 is 0 Å². The smallest absolute Gasteiger partial charge is 0.267 e. The minimum Gasteiger partial charge on any atom is -0.299 e. The summed E-state index contributed by atoms with van der Waals surface area (Å²) in [5.41, 5.74) is 1.16. The van der Waals surface area contributed by atoms with Crippen LogP contribution in [-0.4, -0.2) is 25.9 Å². The zero-order chi connectivity index (χ0) is 20.1. The molecule has 3 aromatic heterocycles. The van der Waals surface area contributed by atoms with Gasteiger partial charge in [-0.2, -0.15) is 5.10 Å². The molecule has 1 N–H and O–H groups in total. The van der Waals surface area contributed by atoms with Crippen LogP contribution in [0.5, 0.6) is 0 Å². The normalized spacial score (nSPS) is 10.8. The number of rotatable bonds is 7. The molecule has 0 aliphatic rings. The fraction of sp³-hybridized carbons (Fsp3) is 0.105. The topological polar surface area (TPSA) is 89.8 Å². The van der Waals surface area contributed by atoms with Gasteiger partial charge in [0.15, 0.2) is 4.34 Å². The Morgan fingerprint density at radius 2 is 1.93 bits per heavy atom. The molecule has 0 aliphatic carbocycles. The Morgan fingerprint density at radius 1 is 1.07 bits per heavy atom. The molecule has 29 heavy (non-hydrogen) atoms. The van der Waals surface area contributed by atoms with Crippen molar-refractivity contribution in [3.63, 3.8) is 0 Å². The Labute approximate surface area is 178 Å². The summed E-state index contributed by atoms with van der Waals surface area (Å²) in [5, 5.41) is 17.5. The Balaban J connectivity index is 1.39. The second-order valence-electron chi connectivity index (χ2n) is 5.87. The van der Waals surface area contributed by atoms with Crippen LogP contribution in [0.4, 0.5) is 5.13 Å². The maximum atomic E-state index is 12.4. The lowest BCUT2D eigenvalue weighted by Gasteiger charge is -2.06. The zero-order valence-corrected chi connectivity index (χ0v) is 17.5. The van der Waals surface area contributed by atoms with E-state index in [1.807, 2.05) is 41.8 Å². The number of benzene rings is 1. The molecule has 0 atom stereocenters. The molecule has 0 saturated heterocycles. The molecule has 3 heterocycles. The average molecular weight is 442 g/mol. The van der Waals surface area contributed by atoms with Crippen molar-refractivity contribution in [2.75, 3.05) is 5.32 Å². The van der Waals surface area contributed by atoms with Crippen LogP contribution in [0.15, 0.2) is 69.1 Å². The average Bonchev–Trinajstić information content (AvgIpc) is 3.40. The number of amides is 1. The van der Waals surface area contributed by atoms with E-state index in [4.69, 9.17) is 0 Å². The molecule has 4 aromatic rings. The number of hydrogen-bond acceptors (Lipinski definition) is 8. The summed E-state index contributed by atoms with van der Waals surface area (Å²) in [7, 11) is 0. The minimum absolute atomic E-state index is 0.198. The number of nitrogens with one attached hydrogen (secondary N) is 1. The van der Waals surface area contributed by atoms with Crippen molar-refractivity contribution in [3.8, 4) is 11.3 Å². The highest BCUT2D eigenvalue weighted by Crippen LogP contribution is 2.29. The van der Waals surface area contributed by atoms with E-state index in [0.29, 0.717) is 10.8 Å².